The number of carbonyl (C=O) groups excluding carboxylic acids is 7. The van der Waals surface area contributed by atoms with Crippen LogP contribution >= 0.6 is 23.7 Å². The number of β-amino-alcohol motifs (C(OH)–C–C–N with tert-alkyl or cyclic N) is 1. The van der Waals surface area contributed by atoms with Crippen LogP contribution < -0.4 is 41.0 Å². The molecular weight excluding hydrogens is 1380 g/mol. The Morgan fingerprint density at radius 1 is 0.784 bits per heavy atom. The number of fused-ring (bicyclic) bond motifs is 3. The summed E-state index contributed by atoms with van der Waals surface area (Å²) >= 11 is 1.45. The van der Waals surface area contributed by atoms with E-state index in [2.05, 4.69) is 58.3 Å². The first-order valence-corrected chi connectivity index (χ1v) is 35.2. The summed E-state index contributed by atoms with van der Waals surface area (Å²) in [4.78, 5) is 112. The number of aliphatic hydroxyl groups excluding tert-OH is 8. The second-order valence-electron chi connectivity index (χ2n) is 25.9. The number of phenols is 1. The Kier molecular flexibility index (Phi) is 28.5. The van der Waals surface area contributed by atoms with Gasteiger partial charge in [0.2, 0.25) is 40.4 Å². The molecule has 4 fully saturated rings. The van der Waals surface area contributed by atoms with Gasteiger partial charge in [-0.3, -0.25) is 33.6 Å². The van der Waals surface area contributed by atoms with Gasteiger partial charge in [-0.25, -0.2) is 14.8 Å². The zero-order valence-electron chi connectivity index (χ0n) is 56.4. The number of amides is 7. The Morgan fingerprint density at radius 2 is 1.47 bits per heavy atom. The second kappa shape index (κ2) is 37.1. The summed E-state index contributed by atoms with van der Waals surface area (Å²) in [6, 6.07) is 5.58. The fraction of sp³-hybridized carbons (Fsp3) is 0.561. The number of hydrogen-bond donors (Lipinski definition) is 16. The topological polar surface area (TPSA) is 480 Å². The van der Waals surface area contributed by atoms with Gasteiger partial charge in [-0.05, 0) is 106 Å². The van der Waals surface area contributed by atoms with Crippen LogP contribution in [0.3, 0.4) is 0 Å². The van der Waals surface area contributed by atoms with Crippen molar-refractivity contribution in [2.75, 3.05) is 77.7 Å². The Bertz CT molecular complexity index is 3590. The number of piperidine rings is 1. The summed E-state index contributed by atoms with van der Waals surface area (Å²) in [6.07, 6.45) is -5.68. The summed E-state index contributed by atoms with van der Waals surface area (Å²) in [5, 5.41) is 132. The lowest BCUT2D eigenvalue weighted by Crippen LogP contribution is -2.64. The van der Waals surface area contributed by atoms with Crippen molar-refractivity contribution in [3.05, 3.63) is 84.1 Å². The van der Waals surface area contributed by atoms with Gasteiger partial charge in [0.25, 0.3) is 18.2 Å². The minimum atomic E-state index is -2.16. The quantitative estimate of drug-likeness (QED) is 0.0120. The number of methoxy groups -OCH3 is 1. The molecule has 0 aliphatic carbocycles. The zero-order chi connectivity index (χ0) is 73.3. The number of aromatic nitrogens is 3. The molecule has 6 heterocycles. The molecule has 36 heteroatoms. The molecule has 5 aromatic rings. The molecule has 3 aromatic carbocycles. The van der Waals surface area contributed by atoms with Crippen molar-refractivity contribution in [1.29, 1.82) is 0 Å². The highest BCUT2D eigenvalue weighted by atomic mass is 32.2. The Morgan fingerprint density at radius 3 is 2.16 bits per heavy atom. The van der Waals surface area contributed by atoms with E-state index in [1.807, 2.05) is 12.1 Å². The largest absolute Gasteiger partial charge is 0.504 e. The molecule has 16 N–H and O–H groups in total. The number of nitrogens with zero attached hydrogens (tertiary/aromatic N) is 6. The average Bonchev–Trinajstić information content (AvgIpc) is 1.64. The molecule has 4 aliphatic heterocycles. The van der Waals surface area contributed by atoms with Crippen LogP contribution in [0.5, 0.6) is 11.5 Å². The van der Waals surface area contributed by atoms with E-state index in [0.717, 1.165) is 104 Å². The zero-order valence-corrected chi connectivity index (χ0v) is 58.0. The monoisotopic (exact) mass is 1470 g/mol. The highest BCUT2D eigenvalue weighted by Crippen LogP contribution is 2.34. The maximum atomic E-state index is 15.0. The molecule has 34 nitrogen and oxygen atoms in total. The molecule has 558 valence electrons. The van der Waals surface area contributed by atoms with Crippen molar-refractivity contribution in [2.45, 2.75) is 157 Å². The Labute approximate surface area is 594 Å². The van der Waals surface area contributed by atoms with Crippen LogP contribution in [-0.4, -0.2) is 275 Å². The van der Waals surface area contributed by atoms with Gasteiger partial charge in [-0.1, -0.05) is 45.8 Å². The lowest BCUT2D eigenvalue weighted by molar-refractivity contribution is -0.433. The van der Waals surface area contributed by atoms with E-state index >= 15 is 4.79 Å². The van der Waals surface area contributed by atoms with Crippen LogP contribution in [0.1, 0.15) is 81.1 Å². The highest BCUT2D eigenvalue weighted by molar-refractivity contribution is 7.90. The fourth-order valence-electron chi connectivity index (χ4n) is 12.7. The van der Waals surface area contributed by atoms with Crippen LogP contribution in [0.25, 0.3) is 26.8 Å². The van der Waals surface area contributed by atoms with Gasteiger partial charge in [0.05, 0.1) is 73.9 Å². The summed E-state index contributed by atoms with van der Waals surface area (Å²) in [5.41, 5.74) is 3.26. The predicted octanol–water partition coefficient (Wildman–Crippen LogP) is -1.72. The second-order valence-corrected chi connectivity index (χ2v) is 27.3. The van der Waals surface area contributed by atoms with Crippen LogP contribution in [0.2, 0.25) is 0 Å². The minimum Gasteiger partial charge on any atom is -0.504 e. The summed E-state index contributed by atoms with van der Waals surface area (Å²) in [7, 11) is 1.71. The van der Waals surface area contributed by atoms with Gasteiger partial charge in [0.15, 0.2) is 11.5 Å². The first-order valence-electron chi connectivity index (χ1n) is 33.7. The smallest absolute Gasteiger partial charge is 0.261 e. The predicted molar refractivity (Wildman–Crippen MR) is 365 cm³/mol. The van der Waals surface area contributed by atoms with E-state index in [1.165, 1.54) is 36.5 Å². The molecule has 13 atom stereocenters. The van der Waals surface area contributed by atoms with Gasteiger partial charge in [-0.15, -0.1) is 0 Å². The maximum Gasteiger partial charge on any atom is 0.261 e. The number of aromatic hydroxyl groups is 1. The van der Waals surface area contributed by atoms with Gasteiger partial charge in [0, 0.05) is 101 Å². The van der Waals surface area contributed by atoms with Crippen LogP contribution in [0.4, 0.5) is 5.69 Å². The number of carbonyl (C=O) groups is 7. The lowest BCUT2D eigenvalue weighted by atomic mass is 9.98. The number of benzene rings is 3. The number of nitrogens with one attached hydrogen (secondary N) is 6. The maximum absolute atomic E-state index is 15.0. The molecule has 2 aromatic heterocycles. The van der Waals surface area contributed by atoms with Crippen molar-refractivity contribution in [3.63, 3.8) is 0 Å². The van der Waals surface area contributed by atoms with E-state index in [4.69, 9.17) is 29.0 Å². The van der Waals surface area contributed by atoms with Crippen LogP contribution in [0.15, 0.2) is 72.9 Å². The van der Waals surface area contributed by atoms with E-state index in [-0.39, 0.29) is 48.4 Å². The number of ether oxygens (including phenoxy) is 2. The molecule has 0 saturated carbocycles. The Hall–Kier alpha value is -7.76. The fourth-order valence-corrected chi connectivity index (χ4v) is 13.9. The van der Waals surface area contributed by atoms with Gasteiger partial charge in [-0.2, -0.15) is 5.10 Å². The molecule has 0 bridgehead atoms. The molecule has 4 saturated heterocycles. The van der Waals surface area contributed by atoms with Gasteiger partial charge in [0.1, 0.15) is 41.3 Å². The third-order valence-electron chi connectivity index (χ3n) is 18.5. The van der Waals surface area contributed by atoms with E-state index in [0.29, 0.717) is 16.2 Å². The number of hydrogen-bond acceptors (Lipinski definition) is 28. The number of unbranched alkanes of at least 4 members (excludes halogenated alkanes) is 2. The molecule has 102 heavy (non-hydrogen) atoms. The third-order valence-corrected chi connectivity index (χ3v) is 19.8. The van der Waals surface area contributed by atoms with E-state index < -0.39 is 184 Å². The summed E-state index contributed by atoms with van der Waals surface area (Å²) in [6.45, 7) is 2.97. The minimum absolute atomic E-state index is 0.0114. The normalized spacial score (nSPS) is 24.7. The molecule has 0 radical (unpaired) electrons. The van der Waals surface area contributed by atoms with Crippen molar-refractivity contribution in [2.24, 2.45) is 5.92 Å². The van der Waals surface area contributed by atoms with Crippen LogP contribution in [0, 0.1) is 5.92 Å². The molecule has 0 spiro atoms. The molecular formula is C66H90N12O22S2. The van der Waals surface area contributed by atoms with E-state index in [1.54, 1.807) is 30.0 Å². The van der Waals surface area contributed by atoms with Gasteiger partial charge >= 0.3 is 0 Å². The van der Waals surface area contributed by atoms with E-state index in [9.17, 15) is 74.7 Å². The van der Waals surface area contributed by atoms with Crippen molar-refractivity contribution in [3.8, 4) is 33.3 Å². The van der Waals surface area contributed by atoms with Crippen molar-refractivity contribution >= 4 is 75.7 Å². The number of phenolic OH excluding ortho intramolecular Hbond substituents is 1. The number of anilines is 1. The standard InChI is InChI=1S/C66H90N12O22S2/c1-35-30-77-56(57(35)87)62(92)68-29-43(82)27-46(69-58(88)39-10-8-38(9-11-39)47-32-78-66(70-47)101-63(74-78)40-12-14-42(15-13-40)75-21-18-45(19-22-75)97-24-6-4-5-23-96-3)59(89)71-53(36(2)81)64(93)76-31-44(83)28-48(76)60(90)72-54(51(86)25-37-7-16-49(84)52(26-37)98-102-100-99-95)61(91)73-55(65(77)94)50(85)17-20-67-41(33-79)34-80/h7-16,26,32,35-36,41,43-46,48,50-51,53-57,67,79-87,95H,4-6,17-25,27-31,33-34H2,1-3H3,(H,68,92)(H,69,88)(H,71,89)(H,72,90)(H,73,91)/t35-,36+,43+,44+,46?,48-,50+,51+,53-,54-,55-,56-,57-/m0/s1. The average molecular weight is 1470 g/mol. The Balaban J connectivity index is 0.946. The number of imidazole rings is 1. The summed E-state index contributed by atoms with van der Waals surface area (Å²) < 4.78 is 22.3. The molecule has 7 amide bonds. The third kappa shape index (κ3) is 20.1. The molecule has 1 unspecified atom stereocenters. The van der Waals surface area contributed by atoms with Crippen molar-refractivity contribution in [1.82, 2.24) is 56.3 Å². The first-order chi connectivity index (χ1) is 49.0. The SMILES string of the molecule is COCCCCCOC1CCN(c2ccc(-c3nn4cc(-c5ccc(C(=O)NC6C[C@@H](O)CNC(=O)[C@@H]7[C@@H](O)[C@@H](C)CN7C(=O)[C@H]([C@H](O)CCNC(CO)CO)NC(=O)[C@H]([C@H](O)Cc7ccc(O)c(OSOOO)c7)NC(=O)[C@@H]7C[C@@H](O)CN7C(=O)[C@H]([C@@H](C)O)NC6=O)cc5)nc4s3)cc2)CC1. The summed E-state index contributed by atoms with van der Waals surface area (Å²) in [5.74, 6) is -9.63. The molecule has 4 aliphatic rings. The van der Waals surface area contributed by atoms with Gasteiger partial charge < -0.3 is 106 Å². The van der Waals surface area contributed by atoms with Crippen molar-refractivity contribution < 1.29 is 108 Å². The van der Waals surface area contributed by atoms with Crippen LogP contribution in [-0.2, 0) is 54.0 Å². The lowest BCUT2D eigenvalue weighted by Gasteiger charge is -2.34. The number of rotatable bonds is 27. The number of aliphatic hydroxyl groups is 8. The molecule has 9 rings (SSSR count). The first kappa shape index (κ1) is 78.4. The highest BCUT2D eigenvalue weighted by Gasteiger charge is 2.50.